The van der Waals surface area contributed by atoms with Crippen LogP contribution < -0.4 is 16.0 Å². The molecular formula is C17H28N2O. The lowest BCUT2D eigenvalue weighted by atomic mass is 9.86. The number of benzene rings is 1. The first-order valence-electron chi connectivity index (χ1n) is 7.79. The second-order valence-electron chi connectivity index (χ2n) is 6.03. The molecule has 0 bridgehead atoms. The number of nitrogens with one attached hydrogen (secondary N) is 1. The van der Waals surface area contributed by atoms with E-state index in [0.29, 0.717) is 5.92 Å². The minimum atomic E-state index is 0.197. The summed E-state index contributed by atoms with van der Waals surface area (Å²) in [7, 11) is 1.76. The molecule has 1 aromatic rings. The molecule has 0 heterocycles. The Morgan fingerprint density at radius 2 is 1.80 bits per heavy atom. The van der Waals surface area contributed by atoms with Crippen LogP contribution in [0.5, 0.6) is 5.75 Å². The minimum Gasteiger partial charge on any atom is -0.496 e. The highest BCUT2D eigenvalue weighted by molar-refractivity contribution is 5.47. The van der Waals surface area contributed by atoms with Crippen LogP contribution in [-0.2, 0) is 0 Å². The van der Waals surface area contributed by atoms with Gasteiger partial charge in [0.25, 0.3) is 0 Å². The molecule has 1 saturated carbocycles. The van der Waals surface area contributed by atoms with Gasteiger partial charge in [-0.3, -0.25) is 11.3 Å². The van der Waals surface area contributed by atoms with E-state index in [4.69, 9.17) is 10.6 Å². The first-order valence-corrected chi connectivity index (χ1v) is 7.79. The van der Waals surface area contributed by atoms with Gasteiger partial charge in [0, 0.05) is 5.56 Å². The predicted octanol–water partition coefficient (Wildman–Crippen LogP) is 3.79. The fourth-order valence-corrected chi connectivity index (χ4v) is 3.45. The molecule has 1 aliphatic carbocycles. The van der Waals surface area contributed by atoms with E-state index in [1.165, 1.54) is 55.2 Å². The minimum absolute atomic E-state index is 0.197. The first-order chi connectivity index (χ1) is 9.69. The Bertz CT molecular complexity index is 437. The third-order valence-corrected chi connectivity index (χ3v) is 4.80. The van der Waals surface area contributed by atoms with Gasteiger partial charge in [0.1, 0.15) is 5.75 Å². The normalized spacial score (nSPS) is 18.6. The van der Waals surface area contributed by atoms with Gasteiger partial charge in [0.2, 0.25) is 0 Å². The lowest BCUT2D eigenvalue weighted by molar-refractivity contribution is 0.315. The lowest BCUT2D eigenvalue weighted by Gasteiger charge is -2.28. The molecule has 0 spiro atoms. The smallest absolute Gasteiger partial charge is 0.126 e. The predicted molar refractivity (Wildman–Crippen MR) is 83.7 cm³/mol. The zero-order valence-electron chi connectivity index (χ0n) is 13.0. The summed E-state index contributed by atoms with van der Waals surface area (Å²) in [6.07, 6.45) is 7.86. The van der Waals surface area contributed by atoms with Crippen molar-refractivity contribution in [1.29, 1.82) is 0 Å². The number of hydrogen-bond donors (Lipinski definition) is 2. The van der Waals surface area contributed by atoms with Crippen molar-refractivity contribution in [2.24, 2.45) is 11.8 Å². The summed E-state index contributed by atoms with van der Waals surface area (Å²) < 4.78 is 5.67. The third kappa shape index (κ3) is 3.15. The van der Waals surface area contributed by atoms with Crippen LogP contribution in [0, 0.1) is 19.8 Å². The third-order valence-electron chi connectivity index (χ3n) is 4.80. The van der Waals surface area contributed by atoms with Crippen molar-refractivity contribution in [1.82, 2.24) is 5.43 Å². The van der Waals surface area contributed by atoms with Crippen LogP contribution in [0.4, 0.5) is 0 Å². The monoisotopic (exact) mass is 276 g/mol. The molecule has 0 amide bonds. The molecule has 0 aliphatic heterocycles. The summed E-state index contributed by atoms with van der Waals surface area (Å²) in [5, 5.41) is 0. The van der Waals surface area contributed by atoms with Gasteiger partial charge in [0.15, 0.2) is 0 Å². The molecule has 2 rings (SSSR count). The van der Waals surface area contributed by atoms with Crippen LogP contribution in [0.2, 0.25) is 0 Å². The topological polar surface area (TPSA) is 47.3 Å². The van der Waals surface area contributed by atoms with Crippen LogP contribution in [0.1, 0.15) is 61.3 Å². The van der Waals surface area contributed by atoms with E-state index in [0.717, 1.165) is 5.75 Å². The number of rotatable bonds is 4. The van der Waals surface area contributed by atoms with Gasteiger partial charge in [-0.05, 0) is 43.7 Å². The zero-order valence-corrected chi connectivity index (χ0v) is 13.0. The number of nitrogens with two attached hydrogens (primary N) is 1. The maximum absolute atomic E-state index is 5.89. The Morgan fingerprint density at radius 3 is 2.35 bits per heavy atom. The molecular weight excluding hydrogens is 248 g/mol. The Hall–Kier alpha value is -1.06. The summed E-state index contributed by atoms with van der Waals surface area (Å²) >= 11 is 0. The van der Waals surface area contributed by atoms with Crippen molar-refractivity contribution in [2.75, 3.05) is 7.11 Å². The number of ether oxygens (including phenoxy) is 1. The molecule has 3 nitrogen and oxygen atoms in total. The molecule has 0 saturated heterocycles. The zero-order chi connectivity index (χ0) is 14.5. The molecule has 3 heteroatoms. The first kappa shape index (κ1) is 15.3. The Morgan fingerprint density at radius 1 is 1.15 bits per heavy atom. The molecule has 1 atom stereocenters. The van der Waals surface area contributed by atoms with Gasteiger partial charge in [-0.1, -0.05) is 37.8 Å². The van der Waals surface area contributed by atoms with Gasteiger partial charge >= 0.3 is 0 Å². The van der Waals surface area contributed by atoms with Gasteiger partial charge in [0.05, 0.1) is 13.2 Å². The second kappa shape index (κ2) is 7.09. The van der Waals surface area contributed by atoms with Crippen molar-refractivity contribution < 1.29 is 4.74 Å². The van der Waals surface area contributed by atoms with Gasteiger partial charge in [-0.15, -0.1) is 0 Å². The van der Waals surface area contributed by atoms with Gasteiger partial charge in [-0.2, -0.15) is 0 Å². The number of hydrazine groups is 1. The summed E-state index contributed by atoms with van der Waals surface area (Å²) in [6, 6.07) is 4.55. The average molecular weight is 276 g/mol. The van der Waals surface area contributed by atoms with E-state index >= 15 is 0 Å². The van der Waals surface area contributed by atoms with E-state index < -0.39 is 0 Å². The molecule has 0 aromatic heterocycles. The summed E-state index contributed by atoms with van der Waals surface area (Å²) in [6.45, 7) is 4.25. The summed E-state index contributed by atoms with van der Waals surface area (Å²) in [5.74, 6) is 7.50. The van der Waals surface area contributed by atoms with Gasteiger partial charge < -0.3 is 4.74 Å². The Balaban J connectivity index is 2.33. The molecule has 1 aliphatic rings. The fraction of sp³-hybridized carbons (Fsp3) is 0.647. The Labute approximate surface area is 122 Å². The van der Waals surface area contributed by atoms with Gasteiger partial charge in [-0.25, -0.2) is 0 Å². The largest absolute Gasteiger partial charge is 0.496 e. The number of methoxy groups -OCH3 is 1. The molecule has 1 unspecified atom stereocenters. The van der Waals surface area contributed by atoms with Crippen molar-refractivity contribution in [3.8, 4) is 5.75 Å². The molecule has 0 radical (unpaired) electrons. The van der Waals surface area contributed by atoms with E-state index in [-0.39, 0.29) is 6.04 Å². The number of hydrogen-bond acceptors (Lipinski definition) is 3. The molecule has 1 aromatic carbocycles. The highest BCUT2D eigenvalue weighted by Crippen LogP contribution is 2.38. The SMILES string of the molecule is COc1c(C(NN)C2CCCCCC2)ccc(C)c1C. The van der Waals surface area contributed by atoms with Crippen LogP contribution in [0.3, 0.4) is 0 Å². The standard InChI is InChI=1S/C17H28N2O/c1-12-10-11-15(17(20-3)13(12)2)16(19-18)14-8-6-4-5-7-9-14/h10-11,14,16,19H,4-9,18H2,1-3H3. The van der Waals surface area contributed by atoms with Crippen LogP contribution in [0.15, 0.2) is 12.1 Å². The van der Waals surface area contributed by atoms with E-state index in [9.17, 15) is 0 Å². The highest BCUT2D eigenvalue weighted by Gasteiger charge is 2.26. The lowest BCUT2D eigenvalue weighted by Crippen LogP contribution is -2.34. The van der Waals surface area contributed by atoms with Crippen molar-refractivity contribution >= 4 is 0 Å². The summed E-state index contributed by atoms with van der Waals surface area (Å²) in [5.41, 5.74) is 6.76. The van der Waals surface area contributed by atoms with Crippen LogP contribution >= 0.6 is 0 Å². The average Bonchev–Trinajstić information content (AvgIpc) is 2.73. The molecule has 112 valence electrons. The maximum atomic E-state index is 5.89. The summed E-state index contributed by atoms with van der Waals surface area (Å²) in [4.78, 5) is 0. The van der Waals surface area contributed by atoms with E-state index in [2.05, 4.69) is 31.4 Å². The van der Waals surface area contributed by atoms with Crippen molar-refractivity contribution in [2.45, 2.75) is 58.4 Å². The van der Waals surface area contributed by atoms with Crippen LogP contribution in [0.25, 0.3) is 0 Å². The number of aryl methyl sites for hydroxylation is 1. The quantitative estimate of drug-likeness (QED) is 0.500. The van der Waals surface area contributed by atoms with E-state index in [1.807, 2.05) is 0 Å². The van der Waals surface area contributed by atoms with Crippen LogP contribution in [-0.4, -0.2) is 7.11 Å². The highest BCUT2D eigenvalue weighted by atomic mass is 16.5. The van der Waals surface area contributed by atoms with E-state index in [1.54, 1.807) is 7.11 Å². The maximum Gasteiger partial charge on any atom is 0.126 e. The molecule has 1 fully saturated rings. The van der Waals surface area contributed by atoms with Crippen molar-refractivity contribution in [3.63, 3.8) is 0 Å². The second-order valence-corrected chi connectivity index (χ2v) is 6.03. The molecule has 3 N–H and O–H groups in total. The Kier molecular flexibility index (Phi) is 5.44. The fourth-order valence-electron chi connectivity index (χ4n) is 3.45. The molecule has 20 heavy (non-hydrogen) atoms. The van der Waals surface area contributed by atoms with Crippen molar-refractivity contribution in [3.05, 3.63) is 28.8 Å².